The van der Waals surface area contributed by atoms with Crippen LogP contribution in [0.2, 0.25) is 0 Å². The van der Waals surface area contributed by atoms with Gasteiger partial charge in [0, 0.05) is 4.90 Å². The Labute approximate surface area is 110 Å². The van der Waals surface area contributed by atoms with Gasteiger partial charge in [0.1, 0.15) is 0 Å². The molecule has 0 aliphatic carbocycles. The van der Waals surface area contributed by atoms with Crippen molar-refractivity contribution in [1.82, 2.24) is 0 Å². The fraction of sp³-hybridized carbons (Fsp3) is 0.462. The normalized spacial score (nSPS) is 25.0. The molecule has 18 heavy (non-hydrogen) atoms. The van der Waals surface area contributed by atoms with Gasteiger partial charge in [-0.15, -0.1) is 11.8 Å². The molecular formula is C13H15NO3S. The smallest absolute Gasteiger partial charge is 0.237 e. The number of hydrogen-bond acceptors (Lipinski definition) is 4. The number of benzene rings is 1. The molecule has 1 fully saturated rings. The third-order valence-corrected chi connectivity index (χ3v) is 4.74. The van der Waals surface area contributed by atoms with Crippen molar-refractivity contribution in [2.24, 2.45) is 0 Å². The average molecular weight is 265 g/mol. The number of aliphatic hydroxyl groups is 1. The Kier molecular flexibility index (Phi) is 2.84. The van der Waals surface area contributed by atoms with E-state index in [2.05, 4.69) is 11.4 Å². The number of hydrogen-bond donors (Lipinski definition) is 2. The van der Waals surface area contributed by atoms with E-state index in [9.17, 15) is 9.90 Å². The van der Waals surface area contributed by atoms with Crippen LogP contribution in [0.25, 0.3) is 0 Å². The Morgan fingerprint density at radius 1 is 1.56 bits per heavy atom. The molecule has 1 aromatic rings. The van der Waals surface area contributed by atoms with E-state index in [0.717, 1.165) is 16.1 Å². The molecule has 1 unspecified atom stereocenters. The SMILES string of the molecule is CC1Sc2cc(C3(CO)COC3)ccc2NC1=O. The molecule has 1 amide bonds. The van der Waals surface area contributed by atoms with Crippen molar-refractivity contribution in [3.63, 3.8) is 0 Å². The summed E-state index contributed by atoms with van der Waals surface area (Å²) in [7, 11) is 0. The Bertz CT molecular complexity index is 493. The Morgan fingerprint density at radius 2 is 2.33 bits per heavy atom. The zero-order valence-corrected chi connectivity index (χ0v) is 10.9. The van der Waals surface area contributed by atoms with Gasteiger partial charge in [0.15, 0.2) is 0 Å². The zero-order chi connectivity index (χ0) is 12.8. The van der Waals surface area contributed by atoms with E-state index in [1.54, 1.807) is 11.8 Å². The fourth-order valence-corrected chi connectivity index (χ4v) is 3.22. The van der Waals surface area contributed by atoms with Gasteiger partial charge in [-0.2, -0.15) is 0 Å². The minimum absolute atomic E-state index is 0.0455. The number of anilines is 1. The van der Waals surface area contributed by atoms with Gasteiger partial charge in [-0.25, -0.2) is 0 Å². The van der Waals surface area contributed by atoms with Crippen LogP contribution in [0.15, 0.2) is 23.1 Å². The van der Waals surface area contributed by atoms with Crippen LogP contribution in [0.3, 0.4) is 0 Å². The summed E-state index contributed by atoms with van der Waals surface area (Å²) in [6.45, 7) is 3.12. The zero-order valence-electron chi connectivity index (χ0n) is 10.1. The average Bonchev–Trinajstić information content (AvgIpc) is 2.30. The van der Waals surface area contributed by atoms with Crippen LogP contribution in [0.4, 0.5) is 5.69 Å². The van der Waals surface area contributed by atoms with Gasteiger partial charge in [0.05, 0.1) is 36.2 Å². The Balaban J connectivity index is 1.96. The number of rotatable bonds is 2. The first-order chi connectivity index (χ1) is 8.64. The molecule has 3 rings (SSSR count). The maximum absolute atomic E-state index is 11.6. The van der Waals surface area contributed by atoms with E-state index in [-0.39, 0.29) is 23.2 Å². The maximum Gasteiger partial charge on any atom is 0.237 e. The first kappa shape index (κ1) is 12.0. The highest BCUT2D eigenvalue weighted by atomic mass is 32.2. The summed E-state index contributed by atoms with van der Waals surface area (Å²) in [6, 6.07) is 5.94. The first-order valence-corrected chi connectivity index (χ1v) is 6.83. The summed E-state index contributed by atoms with van der Waals surface area (Å²) in [5.41, 5.74) is 1.70. The standard InChI is InChI=1S/C13H15NO3S/c1-8-12(16)14-10-3-2-9(4-11(10)18-8)13(5-15)6-17-7-13/h2-4,8,15H,5-7H2,1H3,(H,14,16). The number of ether oxygens (including phenoxy) is 1. The van der Waals surface area contributed by atoms with Crippen molar-refractivity contribution in [2.45, 2.75) is 22.5 Å². The molecule has 0 spiro atoms. The molecule has 2 N–H and O–H groups in total. The summed E-state index contributed by atoms with van der Waals surface area (Å²) in [5.74, 6) is 0.0455. The number of thioether (sulfide) groups is 1. The Hall–Kier alpha value is -1.04. The molecule has 5 heteroatoms. The van der Waals surface area contributed by atoms with E-state index in [0.29, 0.717) is 13.2 Å². The van der Waals surface area contributed by atoms with Crippen molar-refractivity contribution in [2.75, 3.05) is 25.1 Å². The van der Waals surface area contributed by atoms with Crippen LogP contribution in [-0.4, -0.2) is 36.1 Å². The number of carbonyl (C=O) groups is 1. The van der Waals surface area contributed by atoms with Gasteiger partial charge in [0.2, 0.25) is 5.91 Å². The van der Waals surface area contributed by atoms with E-state index in [1.165, 1.54) is 0 Å². The highest BCUT2D eigenvalue weighted by Crippen LogP contribution is 2.40. The van der Waals surface area contributed by atoms with Gasteiger partial charge in [-0.1, -0.05) is 6.07 Å². The number of carbonyl (C=O) groups excluding carboxylic acids is 1. The summed E-state index contributed by atoms with van der Waals surface area (Å²) in [5, 5.41) is 12.3. The molecule has 0 aromatic heterocycles. The van der Waals surface area contributed by atoms with Crippen molar-refractivity contribution >= 4 is 23.4 Å². The maximum atomic E-state index is 11.6. The van der Waals surface area contributed by atoms with Crippen molar-refractivity contribution < 1.29 is 14.6 Å². The second kappa shape index (κ2) is 4.26. The van der Waals surface area contributed by atoms with Gasteiger partial charge >= 0.3 is 0 Å². The van der Waals surface area contributed by atoms with E-state index in [1.807, 2.05) is 19.1 Å². The number of fused-ring (bicyclic) bond motifs is 1. The van der Waals surface area contributed by atoms with Crippen LogP contribution in [0.5, 0.6) is 0 Å². The molecule has 0 bridgehead atoms. The summed E-state index contributed by atoms with van der Waals surface area (Å²) in [6.07, 6.45) is 0. The van der Waals surface area contributed by atoms with Crippen LogP contribution < -0.4 is 5.32 Å². The van der Waals surface area contributed by atoms with E-state index in [4.69, 9.17) is 4.74 Å². The highest BCUT2D eigenvalue weighted by molar-refractivity contribution is 8.00. The van der Waals surface area contributed by atoms with Gasteiger partial charge in [-0.3, -0.25) is 4.79 Å². The lowest BCUT2D eigenvalue weighted by Crippen LogP contribution is -2.49. The molecule has 0 radical (unpaired) electrons. The third-order valence-electron chi connectivity index (χ3n) is 3.58. The lowest BCUT2D eigenvalue weighted by atomic mass is 9.79. The molecule has 1 aromatic carbocycles. The van der Waals surface area contributed by atoms with Gasteiger partial charge in [-0.05, 0) is 24.6 Å². The minimum atomic E-state index is -0.250. The van der Waals surface area contributed by atoms with Crippen molar-refractivity contribution in [3.8, 4) is 0 Å². The molecule has 0 saturated carbocycles. The largest absolute Gasteiger partial charge is 0.395 e. The lowest BCUT2D eigenvalue weighted by molar-refractivity contribution is -0.115. The molecule has 2 aliphatic rings. The Morgan fingerprint density at radius 3 is 2.94 bits per heavy atom. The van der Waals surface area contributed by atoms with Gasteiger partial charge in [0.25, 0.3) is 0 Å². The lowest BCUT2D eigenvalue weighted by Gasteiger charge is -2.40. The topological polar surface area (TPSA) is 58.6 Å². The summed E-state index contributed by atoms with van der Waals surface area (Å²) in [4.78, 5) is 12.6. The second-order valence-electron chi connectivity index (χ2n) is 4.89. The summed E-state index contributed by atoms with van der Waals surface area (Å²) >= 11 is 1.56. The van der Waals surface area contributed by atoms with Gasteiger partial charge < -0.3 is 15.2 Å². The molecule has 1 saturated heterocycles. The molecular weight excluding hydrogens is 250 g/mol. The molecule has 1 atom stereocenters. The third kappa shape index (κ3) is 1.74. The summed E-state index contributed by atoms with van der Waals surface area (Å²) < 4.78 is 5.23. The first-order valence-electron chi connectivity index (χ1n) is 5.95. The van der Waals surface area contributed by atoms with Crippen molar-refractivity contribution in [3.05, 3.63) is 23.8 Å². The van der Waals surface area contributed by atoms with Crippen LogP contribution in [-0.2, 0) is 14.9 Å². The number of aliphatic hydroxyl groups excluding tert-OH is 1. The number of amides is 1. The highest BCUT2D eigenvalue weighted by Gasteiger charge is 2.40. The minimum Gasteiger partial charge on any atom is -0.395 e. The molecule has 96 valence electrons. The van der Waals surface area contributed by atoms with Crippen molar-refractivity contribution in [1.29, 1.82) is 0 Å². The fourth-order valence-electron chi connectivity index (χ4n) is 2.23. The molecule has 2 aliphatic heterocycles. The van der Waals surface area contributed by atoms with E-state index >= 15 is 0 Å². The van der Waals surface area contributed by atoms with Crippen LogP contribution >= 0.6 is 11.8 Å². The predicted octanol–water partition coefficient (Wildman–Crippen LogP) is 1.38. The van der Waals surface area contributed by atoms with E-state index < -0.39 is 0 Å². The monoisotopic (exact) mass is 265 g/mol. The quantitative estimate of drug-likeness (QED) is 0.848. The predicted molar refractivity (Wildman–Crippen MR) is 70.0 cm³/mol. The number of nitrogens with one attached hydrogen (secondary N) is 1. The molecule has 2 heterocycles. The second-order valence-corrected chi connectivity index (χ2v) is 6.27. The van der Waals surface area contributed by atoms with Crippen LogP contribution in [0, 0.1) is 0 Å². The molecule has 4 nitrogen and oxygen atoms in total. The van der Waals surface area contributed by atoms with Crippen LogP contribution in [0.1, 0.15) is 12.5 Å².